The van der Waals surface area contributed by atoms with E-state index in [1.54, 1.807) is 18.4 Å². The number of thiazole rings is 1. The van der Waals surface area contributed by atoms with E-state index in [2.05, 4.69) is 26.0 Å². The third-order valence-corrected chi connectivity index (χ3v) is 4.50. The molecule has 3 N–H and O–H groups in total. The number of hydrogen-bond acceptors (Lipinski definition) is 6. The SMILES string of the molecule is CCNC(=NCc1ccc(OCCO)c(OC)c1)NCCc1csc(C)n1.I. The second kappa shape index (κ2) is 13.6. The molecule has 0 amide bonds. The fourth-order valence-corrected chi connectivity index (χ4v) is 3.08. The van der Waals surface area contributed by atoms with E-state index in [-0.39, 0.29) is 37.2 Å². The fraction of sp³-hybridized carbons (Fsp3) is 0.474. The number of rotatable bonds is 10. The number of aromatic nitrogens is 1. The molecule has 1 heterocycles. The van der Waals surface area contributed by atoms with E-state index in [4.69, 9.17) is 14.6 Å². The van der Waals surface area contributed by atoms with E-state index in [0.29, 0.717) is 18.0 Å². The Morgan fingerprint density at radius 3 is 2.75 bits per heavy atom. The van der Waals surface area contributed by atoms with Crippen LogP contribution in [0.1, 0.15) is 23.2 Å². The molecule has 7 nitrogen and oxygen atoms in total. The first kappa shape index (κ1) is 24.4. The topological polar surface area (TPSA) is 88.0 Å². The maximum atomic E-state index is 8.89. The Bertz CT molecular complexity index is 740. The number of guanidine groups is 1. The van der Waals surface area contributed by atoms with Crippen LogP contribution in [0, 0.1) is 6.92 Å². The number of aryl methyl sites for hydroxylation is 1. The Balaban J connectivity index is 0.00000392. The third-order valence-electron chi connectivity index (χ3n) is 3.68. The van der Waals surface area contributed by atoms with Gasteiger partial charge in [-0.3, -0.25) is 0 Å². The summed E-state index contributed by atoms with van der Waals surface area (Å²) in [6.07, 6.45) is 0.861. The molecule has 0 bridgehead atoms. The van der Waals surface area contributed by atoms with Crippen molar-refractivity contribution in [1.82, 2.24) is 15.6 Å². The predicted molar refractivity (Wildman–Crippen MR) is 124 cm³/mol. The Morgan fingerprint density at radius 1 is 1.29 bits per heavy atom. The van der Waals surface area contributed by atoms with Crippen molar-refractivity contribution in [2.75, 3.05) is 33.4 Å². The van der Waals surface area contributed by atoms with Crippen LogP contribution < -0.4 is 20.1 Å². The van der Waals surface area contributed by atoms with Crippen LogP contribution in [0.2, 0.25) is 0 Å². The van der Waals surface area contributed by atoms with Crippen LogP contribution in [-0.2, 0) is 13.0 Å². The summed E-state index contributed by atoms with van der Waals surface area (Å²) in [4.78, 5) is 9.10. The summed E-state index contributed by atoms with van der Waals surface area (Å²) in [5.74, 6) is 2.01. The molecule has 0 fully saturated rings. The molecule has 0 radical (unpaired) electrons. The molecule has 0 aliphatic rings. The van der Waals surface area contributed by atoms with Crippen molar-refractivity contribution >= 4 is 41.3 Å². The van der Waals surface area contributed by atoms with Crippen molar-refractivity contribution in [1.29, 1.82) is 0 Å². The van der Waals surface area contributed by atoms with Gasteiger partial charge in [0.1, 0.15) is 6.61 Å². The monoisotopic (exact) mass is 520 g/mol. The van der Waals surface area contributed by atoms with Gasteiger partial charge in [0.25, 0.3) is 0 Å². The zero-order valence-electron chi connectivity index (χ0n) is 16.5. The molecule has 0 unspecified atom stereocenters. The van der Waals surface area contributed by atoms with E-state index >= 15 is 0 Å². The minimum atomic E-state index is -0.0343. The molecule has 2 aromatic rings. The number of methoxy groups -OCH3 is 1. The lowest BCUT2D eigenvalue weighted by Crippen LogP contribution is -2.38. The lowest BCUT2D eigenvalue weighted by atomic mass is 10.2. The van der Waals surface area contributed by atoms with Crippen molar-refractivity contribution in [3.8, 4) is 11.5 Å². The zero-order valence-corrected chi connectivity index (χ0v) is 19.7. The highest BCUT2D eigenvalue weighted by Crippen LogP contribution is 2.28. The lowest BCUT2D eigenvalue weighted by Gasteiger charge is -2.12. The van der Waals surface area contributed by atoms with Gasteiger partial charge in [0, 0.05) is 24.9 Å². The number of aliphatic hydroxyl groups excluding tert-OH is 1. The van der Waals surface area contributed by atoms with Crippen molar-refractivity contribution in [2.45, 2.75) is 26.8 Å². The molecule has 0 aliphatic heterocycles. The van der Waals surface area contributed by atoms with Gasteiger partial charge in [-0.1, -0.05) is 6.07 Å². The van der Waals surface area contributed by atoms with Gasteiger partial charge < -0.3 is 25.2 Å². The molecular weight excluding hydrogens is 491 g/mol. The standard InChI is InChI=1S/C19H28N4O3S.HI/c1-4-20-19(21-8-7-16-13-27-14(2)23-16)22-12-15-5-6-17(26-10-9-24)18(11-15)25-3;/h5-6,11,13,24H,4,7-10,12H2,1-3H3,(H2,20,21,22);1H. The number of aliphatic imine (C=N–C) groups is 1. The summed E-state index contributed by atoms with van der Waals surface area (Å²) >= 11 is 1.67. The van der Waals surface area contributed by atoms with Crippen LogP contribution in [0.5, 0.6) is 11.5 Å². The molecular formula is C19H29IN4O3S. The Hall–Kier alpha value is -1.59. The smallest absolute Gasteiger partial charge is 0.191 e. The summed E-state index contributed by atoms with van der Waals surface area (Å²) in [7, 11) is 1.60. The van der Waals surface area contributed by atoms with Crippen molar-refractivity contribution < 1.29 is 14.6 Å². The Morgan fingerprint density at radius 2 is 2.11 bits per heavy atom. The molecule has 28 heavy (non-hydrogen) atoms. The summed E-state index contributed by atoms with van der Waals surface area (Å²) in [6.45, 7) is 6.33. The van der Waals surface area contributed by atoms with E-state index in [9.17, 15) is 0 Å². The van der Waals surface area contributed by atoms with E-state index < -0.39 is 0 Å². The van der Waals surface area contributed by atoms with Crippen LogP contribution in [0.3, 0.4) is 0 Å². The second-order valence-electron chi connectivity index (χ2n) is 5.79. The maximum Gasteiger partial charge on any atom is 0.191 e. The Labute approximate surface area is 187 Å². The highest BCUT2D eigenvalue weighted by molar-refractivity contribution is 14.0. The minimum absolute atomic E-state index is 0. The van der Waals surface area contributed by atoms with Crippen LogP contribution >= 0.6 is 35.3 Å². The molecule has 1 aromatic carbocycles. The van der Waals surface area contributed by atoms with Gasteiger partial charge in [-0.25, -0.2) is 9.98 Å². The number of nitrogens with one attached hydrogen (secondary N) is 2. The lowest BCUT2D eigenvalue weighted by molar-refractivity contribution is 0.196. The minimum Gasteiger partial charge on any atom is -0.493 e. The van der Waals surface area contributed by atoms with Crippen molar-refractivity contribution in [3.05, 3.63) is 39.8 Å². The van der Waals surface area contributed by atoms with Gasteiger partial charge in [0.05, 0.1) is 31.0 Å². The van der Waals surface area contributed by atoms with E-state index in [0.717, 1.165) is 41.7 Å². The zero-order chi connectivity index (χ0) is 19.5. The summed E-state index contributed by atoms with van der Waals surface area (Å²) in [5.41, 5.74) is 2.11. The predicted octanol–water partition coefficient (Wildman–Crippen LogP) is 2.75. The highest BCUT2D eigenvalue weighted by atomic mass is 127. The third kappa shape index (κ3) is 8.19. The average Bonchev–Trinajstić information content (AvgIpc) is 3.09. The number of hydrogen-bond donors (Lipinski definition) is 3. The fourth-order valence-electron chi connectivity index (χ4n) is 2.43. The first-order valence-corrected chi connectivity index (χ1v) is 9.88. The van der Waals surface area contributed by atoms with Crippen molar-refractivity contribution in [2.24, 2.45) is 4.99 Å². The van der Waals surface area contributed by atoms with Gasteiger partial charge in [-0.15, -0.1) is 35.3 Å². The number of nitrogens with zero attached hydrogens (tertiary/aromatic N) is 2. The summed E-state index contributed by atoms with van der Waals surface area (Å²) in [6, 6.07) is 5.68. The van der Waals surface area contributed by atoms with Crippen LogP contribution in [0.15, 0.2) is 28.6 Å². The molecule has 0 atom stereocenters. The number of benzene rings is 1. The number of halogens is 1. The van der Waals surface area contributed by atoms with Crippen molar-refractivity contribution in [3.63, 3.8) is 0 Å². The first-order valence-electron chi connectivity index (χ1n) is 9.00. The van der Waals surface area contributed by atoms with Gasteiger partial charge in [0.2, 0.25) is 0 Å². The summed E-state index contributed by atoms with van der Waals surface area (Å²) < 4.78 is 10.8. The molecule has 156 valence electrons. The molecule has 0 aliphatic carbocycles. The van der Waals surface area contributed by atoms with Gasteiger partial charge in [-0.05, 0) is 31.5 Å². The first-order chi connectivity index (χ1) is 13.2. The van der Waals surface area contributed by atoms with Gasteiger partial charge >= 0.3 is 0 Å². The molecule has 1 aromatic heterocycles. The molecule has 2 rings (SSSR count). The summed E-state index contributed by atoms with van der Waals surface area (Å²) in [5, 5.41) is 18.7. The molecule has 9 heteroatoms. The largest absolute Gasteiger partial charge is 0.493 e. The average molecular weight is 520 g/mol. The highest BCUT2D eigenvalue weighted by Gasteiger charge is 2.06. The van der Waals surface area contributed by atoms with Gasteiger partial charge in [-0.2, -0.15) is 0 Å². The van der Waals surface area contributed by atoms with Crippen LogP contribution in [0.25, 0.3) is 0 Å². The molecule has 0 saturated heterocycles. The second-order valence-corrected chi connectivity index (χ2v) is 6.85. The number of aliphatic hydroxyl groups is 1. The Kier molecular flexibility index (Phi) is 11.8. The normalized spacial score (nSPS) is 10.9. The van der Waals surface area contributed by atoms with Gasteiger partial charge in [0.15, 0.2) is 17.5 Å². The number of ether oxygens (including phenoxy) is 2. The molecule has 0 saturated carbocycles. The van der Waals surface area contributed by atoms with Crippen LogP contribution in [-0.4, -0.2) is 49.5 Å². The van der Waals surface area contributed by atoms with Crippen LogP contribution in [0.4, 0.5) is 0 Å². The quantitative estimate of drug-likeness (QED) is 0.254. The van der Waals surface area contributed by atoms with E-state index in [1.165, 1.54) is 0 Å². The van der Waals surface area contributed by atoms with E-state index in [1.807, 2.05) is 32.0 Å². The maximum absolute atomic E-state index is 8.89. The molecule has 0 spiro atoms.